The summed E-state index contributed by atoms with van der Waals surface area (Å²) < 4.78 is 11.2. The summed E-state index contributed by atoms with van der Waals surface area (Å²) in [6.45, 7) is 6.83. The molecule has 7 heteroatoms. The standard InChI is InChI=1S/C20H25N3O3S/c1-13(2)19-22-16(12-27-19)20(24)23-7-3-4-15(11-23)21-14-5-6-17-18(10-14)26-9-8-25-17/h5-6,10,12-13,15,21H,3-4,7-9,11H2,1-2H3/t15-/m0/s1. The first-order valence-electron chi connectivity index (χ1n) is 9.51. The number of piperidine rings is 1. The van der Waals surface area contributed by atoms with Crippen LogP contribution < -0.4 is 14.8 Å². The van der Waals surface area contributed by atoms with Gasteiger partial charge in [0.25, 0.3) is 5.91 Å². The monoisotopic (exact) mass is 387 g/mol. The number of hydrogen-bond acceptors (Lipinski definition) is 6. The molecule has 144 valence electrons. The highest BCUT2D eigenvalue weighted by atomic mass is 32.1. The van der Waals surface area contributed by atoms with Crippen LogP contribution in [0.3, 0.4) is 0 Å². The maximum Gasteiger partial charge on any atom is 0.273 e. The summed E-state index contributed by atoms with van der Waals surface area (Å²) in [5.74, 6) is 1.95. The van der Waals surface area contributed by atoms with E-state index in [1.165, 1.54) is 0 Å². The fraction of sp³-hybridized carbons (Fsp3) is 0.500. The van der Waals surface area contributed by atoms with Crippen LogP contribution >= 0.6 is 11.3 Å². The van der Waals surface area contributed by atoms with Gasteiger partial charge in [0, 0.05) is 42.2 Å². The number of fused-ring (bicyclic) bond motifs is 1. The van der Waals surface area contributed by atoms with Gasteiger partial charge in [-0.25, -0.2) is 4.98 Å². The lowest BCUT2D eigenvalue weighted by Crippen LogP contribution is -2.45. The first-order chi connectivity index (χ1) is 13.1. The summed E-state index contributed by atoms with van der Waals surface area (Å²) in [5, 5.41) is 6.44. The first kappa shape index (κ1) is 18.1. The minimum absolute atomic E-state index is 0.0341. The van der Waals surface area contributed by atoms with Crippen LogP contribution in [0.2, 0.25) is 0 Å². The van der Waals surface area contributed by atoms with E-state index in [4.69, 9.17) is 9.47 Å². The van der Waals surface area contributed by atoms with Crippen LogP contribution in [0.4, 0.5) is 5.69 Å². The minimum Gasteiger partial charge on any atom is -0.486 e. The second kappa shape index (κ2) is 7.76. The molecule has 1 saturated heterocycles. The fourth-order valence-corrected chi connectivity index (χ4v) is 4.27. The Hall–Kier alpha value is -2.28. The quantitative estimate of drug-likeness (QED) is 0.866. The maximum atomic E-state index is 12.8. The van der Waals surface area contributed by atoms with Crippen molar-refractivity contribution in [1.82, 2.24) is 9.88 Å². The van der Waals surface area contributed by atoms with Crippen molar-refractivity contribution in [2.75, 3.05) is 31.6 Å². The smallest absolute Gasteiger partial charge is 0.273 e. The first-order valence-corrected chi connectivity index (χ1v) is 10.4. The molecular weight excluding hydrogens is 362 g/mol. The Kier molecular flexibility index (Phi) is 5.20. The van der Waals surface area contributed by atoms with Crippen molar-refractivity contribution in [3.63, 3.8) is 0 Å². The topological polar surface area (TPSA) is 63.7 Å². The molecule has 1 aromatic heterocycles. The summed E-state index contributed by atoms with van der Waals surface area (Å²) in [5.41, 5.74) is 1.57. The molecule has 1 N–H and O–H groups in total. The largest absolute Gasteiger partial charge is 0.486 e. The van der Waals surface area contributed by atoms with E-state index >= 15 is 0 Å². The van der Waals surface area contributed by atoms with Crippen LogP contribution in [0.15, 0.2) is 23.6 Å². The van der Waals surface area contributed by atoms with E-state index in [1.807, 2.05) is 28.5 Å². The molecule has 0 aliphatic carbocycles. The van der Waals surface area contributed by atoms with Crippen molar-refractivity contribution in [3.8, 4) is 11.5 Å². The zero-order chi connectivity index (χ0) is 18.8. The number of rotatable bonds is 4. The van der Waals surface area contributed by atoms with Crippen LogP contribution in [0.1, 0.15) is 48.1 Å². The molecule has 0 radical (unpaired) electrons. The van der Waals surface area contributed by atoms with E-state index < -0.39 is 0 Å². The van der Waals surface area contributed by atoms with Gasteiger partial charge in [-0.05, 0) is 25.0 Å². The average Bonchev–Trinajstić information content (AvgIpc) is 3.18. The average molecular weight is 388 g/mol. The number of amides is 1. The molecule has 27 heavy (non-hydrogen) atoms. The second-order valence-electron chi connectivity index (χ2n) is 7.32. The summed E-state index contributed by atoms with van der Waals surface area (Å²) in [6, 6.07) is 6.13. The molecule has 0 spiro atoms. The Morgan fingerprint density at radius 3 is 2.89 bits per heavy atom. The summed E-state index contributed by atoms with van der Waals surface area (Å²) >= 11 is 1.57. The SMILES string of the molecule is CC(C)c1nc(C(=O)N2CCC[C@H](Nc3ccc4c(c3)OCCO4)C2)cs1. The maximum absolute atomic E-state index is 12.8. The van der Waals surface area contributed by atoms with Gasteiger partial charge in [-0.3, -0.25) is 4.79 Å². The minimum atomic E-state index is 0.0341. The van der Waals surface area contributed by atoms with Crippen molar-refractivity contribution in [2.45, 2.75) is 38.6 Å². The Labute approximate surface area is 163 Å². The number of hydrogen-bond donors (Lipinski definition) is 1. The molecule has 0 bridgehead atoms. The van der Waals surface area contributed by atoms with Crippen LogP contribution in [0.5, 0.6) is 11.5 Å². The third-order valence-electron chi connectivity index (χ3n) is 4.86. The Balaban J connectivity index is 1.41. The number of thiazole rings is 1. The lowest BCUT2D eigenvalue weighted by atomic mass is 10.0. The molecule has 4 rings (SSSR count). The summed E-state index contributed by atoms with van der Waals surface area (Å²) in [6.07, 6.45) is 2.02. The van der Waals surface area contributed by atoms with Gasteiger partial charge in [0.1, 0.15) is 18.9 Å². The van der Waals surface area contributed by atoms with Gasteiger partial charge in [0.05, 0.1) is 5.01 Å². The molecule has 1 atom stereocenters. The highest BCUT2D eigenvalue weighted by molar-refractivity contribution is 7.09. The highest BCUT2D eigenvalue weighted by Gasteiger charge is 2.26. The number of ether oxygens (including phenoxy) is 2. The van der Waals surface area contributed by atoms with Crippen LogP contribution in [-0.2, 0) is 0 Å². The Morgan fingerprint density at radius 2 is 2.11 bits per heavy atom. The number of benzene rings is 1. The Bertz CT molecular complexity index is 821. The number of carbonyl (C=O) groups excluding carboxylic acids is 1. The number of likely N-dealkylation sites (tertiary alicyclic amines) is 1. The van der Waals surface area contributed by atoms with Crippen molar-refractivity contribution in [3.05, 3.63) is 34.3 Å². The van der Waals surface area contributed by atoms with Gasteiger partial charge in [-0.15, -0.1) is 11.3 Å². The number of carbonyl (C=O) groups is 1. The van der Waals surface area contributed by atoms with Gasteiger partial charge in [-0.1, -0.05) is 13.8 Å². The van der Waals surface area contributed by atoms with E-state index in [9.17, 15) is 4.79 Å². The van der Waals surface area contributed by atoms with Crippen molar-refractivity contribution < 1.29 is 14.3 Å². The highest BCUT2D eigenvalue weighted by Crippen LogP contribution is 2.33. The van der Waals surface area contributed by atoms with Gasteiger partial charge >= 0.3 is 0 Å². The van der Waals surface area contributed by atoms with E-state index in [1.54, 1.807) is 11.3 Å². The predicted octanol–water partition coefficient (Wildman–Crippen LogP) is 3.75. The number of anilines is 1. The zero-order valence-corrected chi connectivity index (χ0v) is 16.6. The summed E-state index contributed by atoms with van der Waals surface area (Å²) in [4.78, 5) is 19.3. The molecule has 3 heterocycles. The predicted molar refractivity (Wildman–Crippen MR) is 106 cm³/mol. The molecule has 2 aromatic rings. The van der Waals surface area contributed by atoms with Crippen molar-refractivity contribution in [2.24, 2.45) is 0 Å². The van der Waals surface area contributed by atoms with Crippen LogP contribution in [-0.4, -0.2) is 48.1 Å². The molecule has 1 amide bonds. The Morgan fingerprint density at radius 1 is 1.30 bits per heavy atom. The third-order valence-corrected chi connectivity index (χ3v) is 6.00. The van der Waals surface area contributed by atoms with Crippen molar-refractivity contribution >= 4 is 22.9 Å². The number of nitrogens with zero attached hydrogens (tertiary/aromatic N) is 2. The van der Waals surface area contributed by atoms with E-state index in [2.05, 4.69) is 24.1 Å². The normalized spacial score (nSPS) is 19.2. The van der Waals surface area contributed by atoms with Gasteiger partial charge < -0.3 is 19.7 Å². The molecule has 0 saturated carbocycles. The van der Waals surface area contributed by atoms with Gasteiger partial charge in [0.2, 0.25) is 0 Å². The van der Waals surface area contributed by atoms with E-state index in [0.29, 0.717) is 31.4 Å². The van der Waals surface area contributed by atoms with Gasteiger partial charge in [-0.2, -0.15) is 0 Å². The van der Waals surface area contributed by atoms with Crippen LogP contribution in [0.25, 0.3) is 0 Å². The fourth-order valence-electron chi connectivity index (χ4n) is 3.46. The lowest BCUT2D eigenvalue weighted by molar-refractivity contribution is 0.0709. The molecule has 1 fully saturated rings. The van der Waals surface area contributed by atoms with Gasteiger partial charge in [0.15, 0.2) is 11.5 Å². The molecule has 2 aliphatic rings. The summed E-state index contributed by atoms with van der Waals surface area (Å²) in [7, 11) is 0. The molecule has 1 aromatic carbocycles. The molecule has 2 aliphatic heterocycles. The van der Waals surface area contributed by atoms with Crippen LogP contribution in [0, 0.1) is 0 Å². The number of aromatic nitrogens is 1. The van der Waals surface area contributed by atoms with E-state index in [0.717, 1.165) is 41.6 Å². The molecule has 0 unspecified atom stereocenters. The van der Waals surface area contributed by atoms with E-state index in [-0.39, 0.29) is 11.9 Å². The number of nitrogens with one attached hydrogen (secondary N) is 1. The lowest BCUT2D eigenvalue weighted by Gasteiger charge is -2.33. The third kappa shape index (κ3) is 4.03. The molecule has 6 nitrogen and oxygen atoms in total. The second-order valence-corrected chi connectivity index (χ2v) is 8.21. The molecular formula is C20H25N3O3S. The van der Waals surface area contributed by atoms with Crippen molar-refractivity contribution in [1.29, 1.82) is 0 Å². The zero-order valence-electron chi connectivity index (χ0n) is 15.7.